The van der Waals surface area contributed by atoms with E-state index < -0.39 is 0 Å². The third-order valence-electron chi connectivity index (χ3n) is 3.94. The third kappa shape index (κ3) is 2.13. The van der Waals surface area contributed by atoms with Crippen LogP contribution in [0, 0.1) is 18.7 Å². The van der Waals surface area contributed by atoms with Gasteiger partial charge in [0, 0.05) is 12.2 Å². The summed E-state index contributed by atoms with van der Waals surface area (Å²) in [6, 6.07) is 11.6. The van der Waals surface area contributed by atoms with Gasteiger partial charge in [-0.2, -0.15) is 0 Å². The van der Waals surface area contributed by atoms with Crippen LogP contribution in [0.3, 0.4) is 0 Å². The average Bonchev–Trinajstić information content (AvgIpc) is 2.42. The van der Waals surface area contributed by atoms with Gasteiger partial charge in [-0.3, -0.25) is 0 Å². The Balaban J connectivity index is 2.13. The van der Waals surface area contributed by atoms with Crippen LogP contribution >= 0.6 is 0 Å². The van der Waals surface area contributed by atoms with Crippen LogP contribution in [-0.4, -0.2) is 6.54 Å². The van der Waals surface area contributed by atoms with Crippen LogP contribution < -0.4 is 10.6 Å². The Hall–Kier alpha value is -2.03. The Morgan fingerprint density at radius 1 is 1.20 bits per heavy atom. The lowest BCUT2D eigenvalue weighted by molar-refractivity contribution is 0.562. The monoisotopic (exact) mass is 270 g/mol. The van der Waals surface area contributed by atoms with E-state index in [1.54, 1.807) is 6.92 Å². The first-order valence-corrected chi connectivity index (χ1v) is 6.97. The van der Waals surface area contributed by atoms with Crippen LogP contribution in [0.2, 0.25) is 0 Å². The number of aryl methyl sites for hydroxylation is 1. The summed E-state index contributed by atoms with van der Waals surface area (Å²) < 4.78 is 13.6. The summed E-state index contributed by atoms with van der Waals surface area (Å²) in [7, 11) is 0. The lowest BCUT2D eigenvalue weighted by Gasteiger charge is -2.35. The van der Waals surface area contributed by atoms with Crippen molar-refractivity contribution in [3.05, 3.63) is 53.3 Å². The van der Waals surface area contributed by atoms with Crippen molar-refractivity contribution < 1.29 is 4.39 Å². The second-order valence-corrected chi connectivity index (χ2v) is 5.71. The molecule has 1 atom stereocenters. The van der Waals surface area contributed by atoms with Gasteiger partial charge in [0.25, 0.3) is 0 Å². The van der Waals surface area contributed by atoms with E-state index in [0.717, 1.165) is 18.7 Å². The molecule has 0 radical (unpaired) electrons. The van der Waals surface area contributed by atoms with E-state index in [4.69, 9.17) is 5.73 Å². The second kappa shape index (κ2) is 4.82. The van der Waals surface area contributed by atoms with Crippen molar-refractivity contribution in [1.82, 2.24) is 0 Å². The molecule has 20 heavy (non-hydrogen) atoms. The predicted octanol–water partition coefficient (Wildman–Crippen LogP) is 4.05. The Morgan fingerprint density at radius 2 is 1.95 bits per heavy atom. The molecule has 1 heterocycles. The number of benzene rings is 2. The maximum absolute atomic E-state index is 13.6. The fourth-order valence-electron chi connectivity index (χ4n) is 2.94. The van der Waals surface area contributed by atoms with Crippen LogP contribution in [-0.2, 0) is 6.42 Å². The maximum atomic E-state index is 13.6. The average molecular weight is 270 g/mol. The molecule has 0 bridgehead atoms. The standard InChI is InChI=1S/C17H19FN2/c1-11-7-13-5-3-4-6-16(13)20(10-11)17-8-12(2)14(18)9-15(17)19/h3-6,8-9,11H,7,10,19H2,1-2H3. The molecule has 2 aromatic carbocycles. The highest BCUT2D eigenvalue weighted by Gasteiger charge is 2.24. The first kappa shape index (κ1) is 13.0. The van der Waals surface area contributed by atoms with Crippen molar-refractivity contribution in [2.75, 3.05) is 17.2 Å². The Bertz CT molecular complexity index is 651. The van der Waals surface area contributed by atoms with Gasteiger partial charge in [0.2, 0.25) is 0 Å². The predicted molar refractivity (Wildman–Crippen MR) is 81.9 cm³/mol. The molecule has 1 unspecified atom stereocenters. The largest absolute Gasteiger partial charge is 0.397 e. The van der Waals surface area contributed by atoms with E-state index in [0.29, 0.717) is 17.2 Å². The second-order valence-electron chi connectivity index (χ2n) is 5.71. The van der Waals surface area contributed by atoms with Crippen LogP contribution in [0.5, 0.6) is 0 Å². The van der Waals surface area contributed by atoms with Gasteiger partial charge in [0.15, 0.2) is 0 Å². The SMILES string of the molecule is Cc1cc(N2CC(C)Cc3ccccc32)c(N)cc1F. The van der Waals surface area contributed by atoms with Crippen LogP contribution in [0.4, 0.5) is 21.5 Å². The molecule has 0 spiro atoms. The normalized spacial score (nSPS) is 17.9. The summed E-state index contributed by atoms with van der Waals surface area (Å²) in [5, 5.41) is 0. The van der Waals surface area contributed by atoms with Crippen molar-refractivity contribution in [3.63, 3.8) is 0 Å². The molecule has 0 aromatic heterocycles. The topological polar surface area (TPSA) is 29.3 Å². The molecule has 2 nitrogen and oxygen atoms in total. The van der Waals surface area contributed by atoms with Gasteiger partial charge >= 0.3 is 0 Å². The Kier molecular flexibility index (Phi) is 3.13. The lowest BCUT2D eigenvalue weighted by Crippen LogP contribution is -2.31. The highest BCUT2D eigenvalue weighted by Crippen LogP contribution is 2.38. The summed E-state index contributed by atoms with van der Waals surface area (Å²) in [5.74, 6) is 0.305. The molecule has 2 N–H and O–H groups in total. The van der Waals surface area contributed by atoms with Gasteiger partial charge < -0.3 is 10.6 Å². The zero-order chi connectivity index (χ0) is 14.3. The molecule has 3 rings (SSSR count). The van der Waals surface area contributed by atoms with Crippen LogP contribution in [0.25, 0.3) is 0 Å². The summed E-state index contributed by atoms with van der Waals surface area (Å²) >= 11 is 0. The molecule has 0 saturated carbocycles. The third-order valence-corrected chi connectivity index (χ3v) is 3.94. The fraction of sp³-hybridized carbons (Fsp3) is 0.294. The molecular formula is C17H19FN2. The van der Waals surface area contributed by atoms with Crippen molar-refractivity contribution in [1.29, 1.82) is 0 Å². The van der Waals surface area contributed by atoms with Crippen LogP contribution in [0.1, 0.15) is 18.1 Å². The molecule has 0 aliphatic carbocycles. The number of para-hydroxylation sites is 1. The van der Waals surface area contributed by atoms with Crippen molar-refractivity contribution in [2.24, 2.45) is 5.92 Å². The Labute approximate surface area is 119 Å². The van der Waals surface area contributed by atoms with E-state index in [1.807, 2.05) is 12.1 Å². The number of hydrogen-bond donors (Lipinski definition) is 1. The maximum Gasteiger partial charge on any atom is 0.128 e. The minimum Gasteiger partial charge on any atom is -0.397 e. The molecule has 0 fully saturated rings. The van der Waals surface area contributed by atoms with Gasteiger partial charge in [-0.05, 0) is 48.6 Å². The number of halogens is 1. The van der Waals surface area contributed by atoms with Crippen molar-refractivity contribution in [3.8, 4) is 0 Å². The summed E-state index contributed by atoms with van der Waals surface area (Å²) in [6.07, 6.45) is 1.08. The first-order chi connectivity index (χ1) is 9.56. The highest BCUT2D eigenvalue weighted by atomic mass is 19.1. The number of nitrogen functional groups attached to an aromatic ring is 1. The van der Waals surface area contributed by atoms with Gasteiger partial charge in [-0.25, -0.2) is 4.39 Å². The van der Waals surface area contributed by atoms with Gasteiger partial charge in [0.05, 0.1) is 11.4 Å². The molecule has 0 amide bonds. The fourth-order valence-corrected chi connectivity index (χ4v) is 2.94. The minimum atomic E-state index is -0.246. The summed E-state index contributed by atoms with van der Waals surface area (Å²) in [5.41, 5.74) is 10.6. The van der Waals surface area contributed by atoms with E-state index >= 15 is 0 Å². The minimum absolute atomic E-state index is 0.246. The lowest BCUT2D eigenvalue weighted by atomic mass is 9.93. The number of rotatable bonds is 1. The molecule has 104 valence electrons. The van der Waals surface area contributed by atoms with E-state index in [9.17, 15) is 4.39 Å². The first-order valence-electron chi connectivity index (χ1n) is 6.97. The van der Waals surface area contributed by atoms with E-state index in [1.165, 1.54) is 17.3 Å². The zero-order valence-electron chi connectivity index (χ0n) is 11.9. The van der Waals surface area contributed by atoms with Crippen molar-refractivity contribution in [2.45, 2.75) is 20.3 Å². The van der Waals surface area contributed by atoms with Gasteiger partial charge in [0.1, 0.15) is 5.82 Å². The van der Waals surface area contributed by atoms with Crippen LogP contribution in [0.15, 0.2) is 36.4 Å². The van der Waals surface area contributed by atoms with Gasteiger partial charge in [-0.1, -0.05) is 25.1 Å². The number of hydrogen-bond acceptors (Lipinski definition) is 2. The zero-order valence-corrected chi connectivity index (χ0v) is 11.9. The highest BCUT2D eigenvalue weighted by molar-refractivity contribution is 5.77. The Morgan fingerprint density at radius 3 is 2.75 bits per heavy atom. The van der Waals surface area contributed by atoms with Gasteiger partial charge in [-0.15, -0.1) is 0 Å². The smallest absolute Gasteiger partial charge is 0.128 e. The summed E-state index contributed by atoms with van der Waals surface area (Å²) in [6.45, 7) is 4.92. The number of nitrogens with two attached hydrogens (primary N) is 1. The molecule has 1 aliphatic heterocycles. The van der Waals surface area contributed by atoms with Crippen molar-refractivity contribution >= 4 is 17.1 Å². The summed E-state index contributed by atoms with van der Waals surface area (Å²) in [4.78, 5) is 2.21. The number of nitrogens with zero attached hydrogens (tertiary/aromatic N) is 1. The quantitative estimate of drug-likeness (QED) is 0.792. The number of anilines is 3. The number of fused-ring (bicyclic) bond motifs is 1. The molecule has 1 aliphatic rings. The van der Waals surface area contributed by atoms with E-state index in [2.05, 4.69) is 30.0 Å². The van der Waals surface area contributed by atoms with E-state index in [-0.39, 0.29) is 5.82 Å². The molecular weight excluding hydrogens is 251 g/mol. The molecule has 2 aromatic rings. The molecule has 3 heteroatoms. The molecule has 0 saturated heterocycles.